The molecule has 0 aromatic carbocycles. The Morgan fingerprint density at radius 2 is 2.44 bits per heavy atom. The van der Waals surface area contributed by atoms with E-state index in [1.807, 2.05) is 11.4 Å². The SMILES string of the molecule is CC1CCCC1NC(=O)c1sccc1C#CCO. The standard InChI is InChI=1S/C14H17NO2S/c1-10-4-2-6-12(10)15-14(17)13-11(5-3-8-16)7-9-18-13/h7,9-10,12,16H,2,4,6,8H2,1H3,(H,15,17). The molecule has 1 saturated carbocycles. The Labute approximate surface area is 111 Å². The first-order valence-corrected chi connectivity index (χ1v) is 7.08. The average Bonchev–Trinajstić information content (AvgIpc) is 2.96. The van der Waals surface area contributed by atoms with Crippen molar-refractivity contribution in [3.05, 3.63) is 21.9 Å². The molecule has 0 spiro atoms. The maximum Gasteiger partial charge on any atom is 0.262 e. The van der Waals surface area contributed by atoms with Crippen LogP contribution in [0.25, 0.3) is 0 Å². The Kier molecular flexibility index (Phi) is 4.40. The summed E-state index contributed by atoms with van der Waals surface area (Å²) in [6.07, 6.45) is 3.44. The zero-order valence-electron chi connectivity index (χ0n) is 10.4. The number of thiophene rings is 1. The van der Waals surface area contributed by atoms with Gasteiger partial charge in [0.15, 0.2) is 0 Å². The molecule has 1 aliphatic rings. The predicted octanol–water partition coefficient (Wildman–Crippen LogP) is 2.01. The predicted molar refractivity (Wildman–Crippen MR) is 72.6 cm³/mol. The van der Waals surface area contributed by atoms with Gasteiger partial charge in [0, 0.05) is 11.6 Å². The third-order valence-electron chi connectivity index (χ3n) is 3.35. The van der Waals surface area contributed by atoms with Crippen LogP contribution in [0.5, 0.6) is 0 Å². The Balaban J connectivity index is 2.07. The molecule has 2 unspecified atom stereocenters. The summed E-state index contributed by atoms with van der Waals surface area (Å²) >= 11 is 1.40. The first-order valence-electron chi connectivity index (χ1n) is 6.20. The number of nitrogens with one attached hydrogen (secondary N) is 1. The summed E-state index contributed by atoms with van der Waals surface area (Å²) in [5.74, 6) is 5.91. The second-order valence-corrected chi connectivity index (χ2v) is 5.53. The first kappa shape index (κ1) is 13.1. The van der Waals surface area contributed by atoms with E-state index in [-0.39, 0.29) is 12.5 Å². The van der Waals surface area contributed by atoms with Crippen molar-refractivity contribution in [2.75, 3.05) is 6.61 Å². The van der Waals surface area contributed by atoms with Gasteiger partial charge in [-0.3, -0.25) is 4.79 Å². The van der Waals surface area contributed by atoms with Crippen LogP contribution in [0.3, 0.4) is 0 Å². The van der Waals surface area contributed by atoms with E-state index in [1.54, 1.807) is 0 Å². The molecule has 0 saturated heterocycles. The van der Waals surface area contributed by atoms with E-state index in [1.165, 1.54) is 24.2 Å². The molecule has 1 aromatic rings. The maximum atomic E-state index is 12.2. The van der Waals surface area contributed by atoms with Gasteiger partial charge in [-0.2, -0.15) is 0 Å². The van der Waals surface area contributed by atoms with E-state index in [0.717, 1.165) is 6.42 Å². The summed E-state index contributed by atoms with van der Waals surface area (Å²) in [7, 11) is 0. The van der Waals surface area contributed by atoms with Gasteiger partial charge < -0.3 is 10.4 Å². The third-order valence-corrected chi connectivity index (χ3v) is 4.26. The molecular weight excluding hydrogens is 246 g/mol. The van der Waals surface area contributed by atoms with Crippen LogP contribution in [0, 0.1) is 17.8 Å². The summed E-state index contributed by atoms with van der Waals surface area (Å²) in [4.78, 5) is 12.8. The average molecular weight is 263 g/mol. The van der Waals surface area contributed by atoms with Crippen LogP contribution in [0.15, 0.2) is 11.4 Å². The molecule has 1 amide bonds. The molecule has 0 bridgehead atoms. The first-order chi connectivity index (χ1) is 8.72. The highest BCUT2D eigenvalue weighted by Gasteiger charge is 2.26. The molecule has 2 atom stereocenters. The number of carbonyl (C=O) groups is 1. The van der Waals surface area contributed by atoms with Crippen molar-refractivity contribution in [3.63, 3.8) is 0 Å². The Bertz CT molecular complexity index is 483. The summed E-state index contributed by atoms with van der Waals surface area (Å²) in [6, 6.07) is 2.11. The number of rotatable bonds is 2. The molecule has 2 rings (SSSR count). The normalized spacial score (nSPS) is 22.3. The van der Waals surface area contributed by atoms with Gasteiger partial charge in [-0.1, -0.05) is 25.2 Å². The van der Waals surface area contributed by atoms with Crippen LogP contribution in [-0.2, 0) is 0 Å². The Morgan fingerprint density at radius 3 is 3.11 bits per heavy atom. The van der Waals surface area contributed by atoms with Crippen LogP contribution in [-0.4, -0.2) is 23.7 Å². The Morgan fingerprint density at radius 1 is 1.61 bits per heavy atom. The summed E-state index contributed by atoms with van der Waals surface area (Å²) < 4.78 is 0. The highest BCUT2D eigenvalue weighted by Crippen LogP contribution is 2.25. The second kappa shape index (κ2) is 6.03. The second-order valence-electron chi connectivity index (χ2n) is 4.61. The maximum absolute atomic E-state index is 12.2. The van der Waals surface area contributed by atoms with Gasteiger partial charge in [-0.15, -0.1) is 11.3 Å². The van der Waals surface area contributed by atoms with Crippen molar-refractivity contribution >= 4 is 17.2 Å². The fourth-order valence-corrected chi connectivity index (χ4v) is 3.06. The molecule has 1 aliphatic carbocycles. The number of hydrogen-bond acceptors (Lipinski definition) is 3. The molecule has 1 heterocycles. The molecule has 0 radical (unpaired) electrons. The fourth-order valence-electron chi connectivity index (χ4n) is 2.31. The van der Waals surface area contributed by atoms with Crippen molar-refractivity contribution < 1.29 is 9.90 Å². The minimum absolute atomic E-state index is 0.0361. The van der Waals surface area contributed by atoms with Gasteiger partial charge in [0.1, 0.15) is 11.5 Å². The highest BCUT2D eigenvalue weighted by molar-refractivity contribution is 7.12. The molecule has 96 valence electrons. The number of amides is 1. The van der Waals surface area contributed by atoms with Crippen LogP contribution in [0.2, 0.25) is 0 Å². The molecular formula is C14H17NO2S. The quantitative estimate of drug-likeness (QED) is 0.802. The lowest BCUT2D eigenvalue weighted by molar-refractivity contribution is 0.0933. The minimum Gasteiger partial charge on any atom is -0.384 e. The highest BCUT2D eigenvalue weighted by atomic mass is 32.1. The minimum atomic E-state index is -0.184. The lowest BCUT2D eigenvalue weighted by Crippen LogP contribution is -2.36. The van der Waals surface area contributed by atoms with Crippen molar-refractivity contribution in [3.8, 4) is 11.8 Å². The van der Waals surface area contributed by atoms with E-state index in [0.29, 0.717) is 22.4 Å². The lowest BCUT2D eigenvalue weighted by Gasteiger charge is -2.16. The number of aliphatic hydroxyl groups excluding tert-OH is 1. The molecule has 2 N–H and O–H groups in total. The van der Waals surface area contributed by atoms with Crippen LogP contribution >= 0.6 is 11.3 Å². The monoisotopic (exact) mass is 263 g/mol. The molecule has 4 heteroatoms. The van der Waals surface area contributed by atoms with Crippen LogP contribution in [0.1, 0.15) is 41.4 Å². The summed E-state index contributed by atoms with van der Waals surface area (Å²) in [6.45, 7) is 2.00. The zero-order valence-corrected chi connectivity index (χ0v) is 11.2. The van der Waals surface area contributed by atoms with E-state index < -0.39 is 0 Å². The van der Waals surface area contributed by atoms with E-state index in [2.05, 4.69) is 24.1 Å². The van der Waals surface area contributed by atoms with Crippen molar-refractivity contribution in [1.29, 1.82) is 0 Å². The number of carbonyl (C=O) groups excluding carboxylic acids is 1. The summed E-state index contributed by atoms with van der Waals surface area (Å²) in [5, 5.41) is 13.6. The Hall–Kier alpha value is -1.31. The smallest absolute Gasteiger partial charge is 0.262 e. The van der Waals surface area contributed by atoms with Crippen LogP contribution < -0.4 is 5.32 Å². The molecule has 18 heavy (non-hydrogen) atoms. The molecule has 1 fully saturated rings. The van der Waals surface area contributed by atoms with Gasteiger partial charge in [0.05, 0.1) is 0 Å². The van der Waals surface area contributed by atoms with Gasteiger partial charge in [0.2, 0.25) is 0 Å². The van der Waals surface area contributed by atoms with E-state index in [9.17, 15) is 4.79 Å². The van der Waals surface area contributed by atoms with Crippen molar-refractivity contribution in [2.45, 2.75) is 32.2 Å². The van der Waals surface area contributed by atoms with Gasteiger partial charge in [0.25, 0.3) is 5.91 Å². The number of hydrogen-bond donors (Lipinski definition) is 2. The molecule has 0 aliphatic heterocycles. The van der Waals surface area contributed by atoms with E-state index in [4.69, 9.17) is 5.11 Å². The summed E-state index contributed by atoms with van der Waals surface area (Å²) in [5.41, 5.74) is 0.706. The largest absolute Gasteiger partial charge is 0.384 e. The molecule has 1 aromatic heterocycles. The number of aliphatic hydroxyl groups is 1. The van der Waals surface area contributed by atoms with Gasteiger partial charge in [-0.25, -0.2) is 0 Å². The zero-order chi connectivity index (χ0) is 13.0. The molecule has 3 nitrogen and oxygen atoms in total. The van der Waals surface area contributed by atoms with Gasteiger partial charge in [-0.05, 0) is 30.2 Å². The topological polar surface area (TPSA) is 49.3 Å². The van der Waals surface area contributed by atoms with Gasteiger partial charge >= 0.3 is 0 Å². The fraction of sp³-hybridized carbons (Fsp3) is 0.500. The van der Waals surface area contributed by atoms with E-state index >= 15 is 0 Å². The van der Waals surface area contributed by atoms with Crippen molar-refractivity contribution in [2.24, 2.45) is 5.92 Å². The lowest BCUT2D eigenvalue weighted by atomic mass is 10.1. The van der Waals surface area contributed by atoms with Crippen LogP contribution in [0.4, 0.5) is 0 Å². The third kappa shape index (κ3) is 2.92. The van der Waals surface area contributed by atoms with Crippen molar-refractivity contribution in [1.82, 2.24) is 5.32 Å².